The number of carboxylic acids is 1. The molecule has 0 atom stereocenters. The Bertz CT molecular complexity index is 399. The van der Waals surface area contributed by atoms with Crippen molar-refractivity contribution in [2.24, 2.45) is 0 Å². The normalized spacial score (nSPS) is 14.7. The maximum Gasteiger partial charge on any atom is 0.307 e. The number of benzene rings is 1. The third-order valence-corrected chi connectivity index (χ3v) is 2.85. The third kappa shape index (κ3) is 2.17. The largest absolute Gasteiger partial charge is 0.481 e. The van der Waals surface area contributed by atoms with Gasteiger partial charge in [0.25, 0.3) is 0 Å². The minimum atomic E-state index is -0.982. The Balaban J connectivity index is 2.36. The Labute approximate surface area is 87.7 Å². The van der Waals surface area contributed by atoms with E-state index >= 15 is 0 Å². The lowest BCUT2D eigenvalue weighted by atomic mass is 9.89. The molecular weight excluding hydrogens is 195 g/mol. The second-order valence-corrected chi connectivity index (χ2v) is 3.99. The zero-order chi connectivity index (χ0) is 10.8. The van der Waals surface area contributed by atoms with Gasteiger partial charge in [-0.3, -0.25) is 4.79 Å². The van der Waals surface area contributed by atoms with Gasteiger partial charge in [0.05, 0.1) is 6.42 Å². The lowest BCUT2D eigenvalue weighted by Gasteiger charge is -2.16. The molecule has 0 bridgehead atoms. The molecule has 0 aliphatic heterocycles. The van der Waals surface area contributed by atoms with Gasteiger partial charge in [-0.1, -0.05) is 6.07 Å². The van der Waals surface area contributed by atoms with Crippen LogP contribution in [0.4, 0.5) is 4.39 Å². The summed E-state index contributed by atoms with van der Waals surface area (Å²) in [6.45, 7) is 0. The van der Waals surface area contributed by atoms with E-state index < -0.39 is 5.97 Å². The molecule has 0 spiro atoms. The topological polar surface area (TPSA) is 37.3 Å². The first-order valence-electron chi connectivity index (χ1n) is 5.19. The first-order chi connectivity index (χ1) is 7.16. The molecule has 15 heavy (non-hydrogen) atoms. The highest BCUT2D eigenvalue weighted by atomic mass is 19.1. The monoisotopic (exact) mass is 208 g/mol. The molecular formula is C12H13FO2. The zero-order valence-corrected chi connectivity index (χ0v) is 8.42. The van der Waals surface area contributed by atoms with Crippen LogP contribution in [0, 0.1) is 5.82 Å². The Morgan fingerprint density at radius 2 is 1.87 bits per heavy atom. The van der Waals surface area contributed by atoms with Crippen LogP contribution in [-0.4, -0.2) is 11.1 Å². The number of aryl methyl sites for hydroxylation is 2. The summed E-state index contributed by atoms with van der Waals surface area (Å²) >= 11 is 0. The van der Waals surface area contributed by atoms with Gasteiger partial charge in [-0.25, -0.2) is 4.39 Å². The second-order valence-electron chi connectivity index (χ2n) is 3.99. The zero-order valence-electron chi connectivity index (χ0n) is 8.42. The maximum atomic E-state index is 13.5. The minimum Gasteiger partial charge on any atom is -0.481 e. The summed E-state index contributed by atoms with van der Waals surface area (Å²) in [6.07, 6.45) is 3.86. The van der Waals surface area contributed by atoms with Crippen molar-refractivity contribution in [3.8, 4) is 0 Å². The molecule has 1 aromatic carbocycles. The van der Waals surface area contributed by atoms with Gasteiger partial charge in [0, 0.05) is 0 Å². The number of hydrogen-bond acceptors (Lipinski definition) is 1. The number of aliphatic carboxylic acids is 1. The summed E-state index contributed by atoms with van der Waals surface area (Å²) in [5.74, 6) is -1.36. The molecule has 0 fully saturated rings. The molecule has 2 nitrogen and oxygen atoms in total. The summed E-state index contributed by atoms with van der Waals surface area (Å²) in [5.41, 5.74) is 2.48. The fourth-order valence-electron chi connectivity index (χ4n) is 2.11. The lowest BCUT2D eigenvalue weighted by molar-refractivity contribution is -0.136. The second kappa shape index (κ2) is 4.01. The molecule has 1 aliphatic carbocycles. The maximum absolute atomic E-state index is 13.5. The van der Waals surface area contributed by atoms with E-state index in [1.54, 1.807) is 6.07 Å². The summed E-state index contributed by atoms with van der Waals surface area (Å²) < 4.78 is 13.5. The minimum absolute atomic E-state index is 0.223. The molecule has 2 rings (SSSR count). The van der Waals surface area contributed by atoms with Gasteiger partial charge in [-0.05, 0) is 48.4 Å². The molecule has 1 N–H and O–H groups in total. The highest BCUT2D eigenvalue weighted by Crippen LogP contribution is 2.24. The van der Waals surface area contributed by atoms with Crippen molar-refractivity contribution >= 4 is 5.97 Å². The number of halogens is 1. The Kier molecular flexibility index (Phi) is 2.71. The Morgan fingerprint density at radius 1 is 1.27 bits per heavy atom. The molecule has 80 valence electrons. The number of hydrogen-bond donors (Lipinski definition) is 1. The summed E-state index contributed by atoms with van der Waals surface area (Å²) in [5, 5.41) is 8.63. The Morgan fingerprint density at radius 3 is 2.47 bits per heavy atom. The van der Waals surface area contributed by atoms with Crippen molar-refractivity contribution in [1.82, 2.24) is 0 Å². The number of fused-ring (bicyclic) bond motifs is 1. The van der Waals surface area contributed by atoms with Crippen LogP contribution in [0.3, 0.4) is 0 Å². The molecule has 3 heteroatoms. The van der Waals surface area contributed by atoms with Gasteiger partial charge in [-0.2, -0.15) is 0 Å². The predicted molar refractivity (Wildman–Crippen MR) is 54.4 cm³/mol. The molecule has 0 aromatic heterocycles. The van der Waals surface area contributed by atoms with Crippen molar-refractivity contribution in [1.29, 1.82) is 0 Å². The number of carbonyl (C=O) groups is 1. The Hall–Kier alpha value is -1.38. The van der Waals surface area contributed by atoms with E-state index in [4.69, 9.17) is 5.11 Å². The quantitative estimate of drug-likeness (QED) is 0.809. The molecule has 0 amide bonds. The van der Waals surface area contributed by atoms with E-state index in [1.807, 2.05) is 0 Å². The molecule has 0 unspecified atom stereocenters. The van der Waals surface area contributed by atoms with Crippen molar-refractivity contribution in [2.75, 3.05) is 0 Å². The molecule has 0 saturated carbocycles. The van der Waals surface area contributed by atoms with Crippen LogP contribution in [0.2, 0.25) is 0 Å². The van der Waals surface area contributed by atoms with E-state index in [2.05, 4.69) is 0 Å². The van der Waals surface area contributed by atoms with Crippen LogP contribution in [0.15, 0.2) is 12.1 Å². The van der Waals surface area contributed by atoms with E-state index in [0.29, 0.717) is 5.56 Å². The highest BCUT2D eigenvalue weighted by Gasteiger charge is 2.14. The van der Waals surface area contributed by atoms with Crippen LogP contribution in [0.25, 0.3) is 0 Å². The van der Waals surface area contributed by atoms with Crippen LogP contribution in [-0.2, 0) is 24.1 Å². The van der Waals surface area contributed by atoms with Crippen LogP contribution in [0.5, 0.6) is 0 Å². The fourth-order valence-corrected chi connectivity index (χ4v) is 2.11. The van der Waals surface area contributed by atoms with Crippen molar-refractivity contribution in [2.45, 2.75) is 32.1 Å². The van der Waals surface area contributed by atoms with E-state index in [1.165, 1.54) is 6.07 Å². The molecule has 0 heterocycles. The molecule has 1 aliphatic rings. The van der Waals surface area contributed by atoms with E-state index in [-0.39, 0.29) is 12.2 Å². The van der Waals surface area contributed by atoms with Gasteiger partial charge >= 0.3 is 5.97 Å². The highest BCUT2D eigenvalue weighted by molar-refractivity contribution is 5.70. The van der Waals surface area contributed by atoms with Crippen molar-refractivity contribution < 1.29 is 14.3 Å². The van der Waals surface area contributed by atoms with Gasteiger partial charge in [-0.15, -0.1) is 0 Å². The summed E-state index contributed by atoms with van der Waals surface area (Å²) in [6, 6.07) is 3.23. The van der Waals surface area contributed by atoms with Crippen LogP contribution < -0.4 is 0 Å². The number of carboxylic acid groups (broad SMARTS) is 1. The molecule has 1 aromatic rings. The van der Waals surface area contributed by atoms with Gasteiger partial charge < -0.3 is 5.11 Å². The average Bonchev–Trinajstić information content (AvgIpc) is 2.18. The van der Waals surface area contributed by atoms with Crippen molar-refractivity contribution in [3.63, 3.8) is 0 Å². The smallest absolute Gasteiger partial charge is 0.307 e. The van der Waals surface area contributed by atoms with Crippen LogP contribution >= 0.6 is 0 Å². The van der Waals surface area contributed by atoms with E-state index in [9.17, 15) is 9.18 Å². The van der Waals surface area contributed by atoms with Gasteiger partial charge in [0.15, 0.2) is 0 Å². The first-order valence-corrected chi connectivity index (χ1v) is 5.19. The lowest BCUT2D eigenvalue weighted by Crippen LogP contribution is -2.08. The first kappa shape index (κ1) is 10.1. The van der Waals surface area contributed by atoms with Crippen molar-refractivity contribution in [3.05, 3.63) is 34.6 Å². The standard InChI is InChI=1S/C12H13FO2/c13-11-6-9-4-2-1-3-8(9)5-10(11)7-12(14)15/h5-6H,1-4,7H2,(H,14,15). The summed E-state index contributed by atoms with van der Waals surface area (Å²) in [7, 11) is 0. The number of rotatable bonds is 2. The SMILES string of the molecule is O=C(O)Cc1cc2c(cc1F)CCCC2. The van der Waals surface area contributed by atoms with Crippen LogP contribution in [0.1, 0.15) is 29.5 Å². The van der Waals surface area contributed by atoms with E-state index in [0.717, 1.165) is 36.8 Å². The van der Waals surface area contributed by atoms with Gasteiger partial charge in [0.2, 0.25) is 0 Å². The molecule has 0 saturated heterocycles. The van der Waals surface area contributed by atoms with Gasteiger partial charge in [0.1, 0.15) is 5.82 Å². The fraction of sp³-hybridized carbons (Fsp3) is 0.417. The third-order valence-electron chi connectivity index (χ3n) is 2.85. The predicted octanol–water partition coefficient (Wildman–Crippen LogP) is 2.33. The average molecular weight is 208 g/mol. The summed E-state index contributed by atoms with van der Waals surface area (Å²) in [4.78, 5) is 10.5. The molecule has 0 radical (unpaired) electrons.